The lowest BCUT2D eigenvalue weighted by molar-refractivity contribution is 1.26. The minimum atomic E-state index is 0.423. The second-order valence-electron chi connectivity index (χ2n) is 5.68. The van der Waals surface area contributed by atoms with Gasteiger partial charge >= 0.3 is 0 Å². The van der Waals surface area contributed by atoms with Gasteiger partial charge in [-0.05, 0) is 50.1 Å². The molecular weight excluding hydrogens is 256 g/mol. The number of H-pyrrole nitrogens is 1. The summed E-state index contributed by atoms with van der Waals surface area (Å²) in [6.07, 6.45) is 0.423. The van der Waals surface area contributed by atoms with E-state index in [0.717, 1.165) is 22.2 Å². The summed E-state index contributed by atoms with van der Waals surface area (Å²) < 4.78 is 0. The summed E-state index contributed by atoms with van der Waals surface area (Å²) in [6.45, 7) is 6.29. The lowest BCUT2D eigenvalue weighted by atomic mass is 9.97. The van der Waals surface area contributed by atoms with Crippen LogP contribution in [0.5, 0.6) is 0 Å². The van der Waals surface area contributed by atoms with E-state index in [4.69, 9.17) is 0 Å². The maximum absolute atomic E-state index is 9.20. The second-order valence-corrected chi connectivity index (χ2v) is 5.68. The fourth-order valence-corrected chi connectivity index (χ4v) is 2.86. The van der Waals surface area contributed by atoms with Crippen molar-refractivity contribution in [2.75, 3.05) is 0 Å². The van der Waals surface area contributed by atoms with Crippen LogP contribution in [0.2, 0.25) is 0 Å². The van der Waals surface area contributed by atoms with Gasteiger partial charge in [0.1, 0.15) is 0 Å². The molecule has 0 saturated heterocycles. The molecule has 2 aromatic carbocycles. The standard InChI is InChI=1S/C19H18N2/c1-12-4-6-14(3)16(10-12)19-15(8-9-20)17-11-13(2)5-7-18(17)21-19/h4-7,10-11,21H,8H2,1-3H3. The molecule has 1 N–H and O–H groups in total. The van der Waals surface area contributed by atoms with Crippen LogP contribution < -0.4 is 0 Å². The SMILES string of the molecule is Cc1ccc(C)c(-c2[nH]c3ccc(C)cc3c2CC#N)c1. The Morgan fingerprint density at radius 1 is 1.00 bits per heavy atom. The van der Waals surface area contributed by atoms with E-state index in [-0.39, 0.29) is 0 Å². The Morgan fingerprint density at radius 2 is 1.71 bits per heavy atom. The van der Waals surface area contributed by atoms with Crippen LogP contribution in [-0.2, 0) is 6.42 Å². The molecule has 0 unspecified atom stereocenters. The maximum atomic E-state index is 9.20. The molecule has 0 atom stereocenters. The maximum Gasteiger partial charge on any atom is 0.0670 e. The number of nitrogens with zero attached hydrogens (tertiary/aromatic N) is 1. The Balaban J connectivity index is 2.34. The van der Waals surface area contributed by atoms with Crippen LogP contribution in [-0.4, -0.2) is 4.98 Å². The molecule has 21 heavy (non-hydrogen) atoms. The lowest BCUT2D eigenvalue weighted by Gasteiger charge is -2.07. The summed E-state index contributed by atoms with van der Waals surface area (Å²) in [5.74, 6) is 0. The van der Waals surface area contributed by atoms with Crippen LogP contribution in [0, 0.1) is 32.1 Å². The highest BCUT2D eigenvalue weighted by atomic mass is 14.7. The Morgan fingerprint density at radius 3 is 2.48 bits per heavy atom. The van der Waals surface area contributed by atoms with Crippen LogP contribution in [0.25, 0.3) is 22.2 Å². The molecule has 3 aromatic rings. The highest BCUT2D eigenvalue weighted by Gasteiger charge is 2.14. The molecule has 0 aliphatic carbocycles. The van der Waals surface area contributed by atoms with Crippen molar-refractivity contribution in [2.24, 2.45) is 0 Å². The number of aryl methyl sites for hydroxylation is 3. The first-order valence-corrected chi connectivity index (χ1v) is 7.16. The molecule has 0 saturated carbocycles. The molecule has 104 valence electrons. The van der Waals surface area contributed by atoms with E-state index in [2.05, 4.69) is 68.2 Å². The molecule has 0 spiro atoms. The predicted molar refractivity (Wildman–Crippen MR) is 87.3 cm³/mol. The quantitative estimate of drug-likeness (QED) is 0.714. The molecule has 2 nitrogen and oxygen atoms in total. The number of nitriles is 1. The van der Waals surface area contributed by atoms with Crippen molar-refractivity contribution < 1.29 is 0 Å². The third-order valence-electron chi connectivity index (χ3n) is 3.98. The van der Waals surface area contributed by atoms with Gasteiger partial charge in [0.25, 0.3) is 0 Å². The van der Waals surface area contributed by atoms with Gasteiger partial charge in [-0.25, -0.2) is 0 Å². The molecule has 0 amide bonds. The minimum Gasteiger partial charge on any atom is -0.354 e. The van der Waals surface area contributed by atoms with E-state index in [9.17, 15) is 5.26 Å². The Hall–Kier alpha value is -2.53. The van der Waals surface area contributed by atoms with Gasteiger partial charge in [0.15, 0.2) is 0 Å². The number of nitrogens with one attached hydrogen (secondary N) is 1. The van der Waals surface area contributed by atoms with Crippen LogP contribution in [0.15, 0.2) is 36.4 Å². The van der Waals surface area contributed by atoms with Gasteiger partial charge in [0.05, 0.1) is 18.2 Å². The molecule has 3 rings (SSSR count). The number of hydrogen-bond donors (Lipinski definition) is 1. The van der Waals surface area contributed by atoms with Crippen molar-refractivity contribution in [1.82, 2.24) is 4.98 Å². The van der Waals surface area contributed by atoms with Crippen molar-refractivity contribution in [1.29, 1.82) is 5.26 Å². The smallest absolute Gasteiger partial charge is 0.0670 e. The summed E-state index contributed by atoms with van der Waals surface area (Å²) in [4.78, 5) is 3.51. The van der Waals surface area contributed by atoms with Gasteiger partial charge in [0.2, 0.25) is 0 Å². The van der Waals surface area contributed by atoms with Crippen molar-refractivity contribution in [3.63, 3.8) is 0 Å². The van der Waals surface area contributed by atoms with Crippen LogP contribution >= 0.6 is 0 Å². The van der Waals surface area contributed by atoms with Crippen LogP contribution in [0.4, 0.5) is 0 Å². The van der Waals surface area contributed by atoms with E-state index in [1.54, 1.807) is 0 Å². The number of benzene rings is 2. The van der Waals surface area contributed by atoms with E-state index < -0.39 is 0 Å². The molecular formula is C19H18N2. The van der Waals surface area contributed by atoms with Gasteiger partial charge in [-0.15, -0.1) is 0 Å². The highest BCUT2D eigenvalue weighted by molar-refractivity contribution is 5.92. The first-order valence-electron chi connectivity index (χ1n) is 7.16. The zero-order valence-electron chi connectivity index (χ0n) is 12.6. The molecule has 2 heteroatoms. The minimum absolute atomic E-state index is 0.423. The Labute approximate surface area is 125 Å². The molecule has 0 radical (unpaired) electrons. The topological polar surface area (TPSA) is 39.6 Å². The summed E-state index contributed by atoms with van der Waals surface area (Å²) in [6, 6.07) is 15.1. The van der Waals surface area contributed by atoms with Crippen LogP contribution in [0.1, 0.15) is 22.3 Å². The lowest BCUT2D eigenvalue weighted by Crippen LogP contribution is -1.90. The van der Waals surface area contributed by atoms with Crippen molar-refractivity contribution in [3.8, 4) is 17.3 Å². The second kappa shape index (κ2) is 5.10. The normalized spacial score (nSPS) is 10.8. The Kier molecular flexibility index (Phi) is 3.27. The summed E-state index contributed by atoms with van der Waals surface area (Å²) in [5.41, 5.74) is 8.14. The number of aromatic amines is 1. The van der Waals surface area contributed by atoms with Crippen molar-refractivity contribution >= 4 is 10.9 Å². The molecule has 0 bridgehead atoms. The largest absolute Gasteiger partial charge is 0.354 e. The zero-order valence-corrected chi connectivity index (χ0v) is 12.6. The van der Waals surface area contributed by atoms with Gasteiger partial charge in [-0.3, -0.25) is 0 Å². The first kappa shape index (κ1) is 13.5. The zero-order chi connectivity index (χ0) is 15.0. The summed E-state index contributed by atoms with van der Waals surface area (Å²) in [5, 5.41) is 10.4. The fraction of sp³-hybridized carbons (Fsp3) is 0.211. The molecule has 1 aromatic heterocycles. The predicted octanol–water partition coefficient (Wildman–Crippen LogP) is 4.83. The van der Waals surface area contributed by atoms with E-state index in [1.807, 2.05) is 0 Å². The van der Waals surface area contributed by atoms with Gasteiger partial charge in [-0.1, -0.05) is 29.3 Å². The first-order chi connectivity index (χ1) is 10.1. The monoisotopic (exact) mass is 274 g/mol. The summed E-state index contributed by atoms with van der Waals surface area (Å²) >= 11 is 0. The van der Waals surface area contributed by atoms with Crippen molar-refractivity contribution in [2.45, 2.75) is 27.2 Å². The molecule has 0 aliphatic heterocycles. The van der Waals surface area contributed by atoms with E-state index >= 15 is 0 Å². The fourth-order valence-electron chi connectivity index (χ4n) is 2.86. The van der Waals surface area contributed by atoms with E-state index in [0.29, 0.717) is 6.42 Å². The number of hydrogen-bond acceptors (Lipinski definition) is 1. The average molecular weight is 274 g/mol. The van der Waals surface area contributed by atoms with Gasteiger partial charge in [0, 0.05) is 16.5 Å². The van der Waals surface area contributed by atoms with E-state index in [1.165, 1.54) is 22.3 Å². The molecule has 0 fully saturated rings. The van der Waals surface area contributed by atoms with Gasteiger partial charge < -0.3 is 4.98 Å². The number of aromatic nitrogens is 1. The number of rotatable bonds is 2. The number of fused-ring (bicyclic) bond motifs is 1. The van der Waals surface area contributed by atoms with Crippen molar-refractivity contribution in [3.05, 3.63) is 58.7 Å². The average Bonchev–Trinajstić information content (AvgIpc) is 2.80. The molecule has 1 heterocycles. The van der Waals surface area contributed by atoms with Gasteiger partial charge in [-0.2, -0.15) is 5.26 Å². The third-order valence-corrected chi connectivity index (χ3v) is 3.98. The molecule has 0 aliphatic rings. The Bertz CT molecular complexity index is 863. The third kappa shape index (κ3) is 2.32. The highest BCUT2D eigenvalue weighted by Crippen LogP contribution is 2.33. The summed E-state index contributed by atoms with van der Waals surface area (Å²) in [7, 11) is 0. The van der Waals surface area contributed by atoms with Crippen LogP contribution in [0.3, 0.4) is 0 Å².